The Morgan fingerprint density at radius 3 is 1.26 bits per heavy atom. The molecule has 8 heteroatoms. The second-order valence-electron chi connectivity index (χ2n) is 22.0. The lowest BCUT2D eigenvalue weighted by atomic mass is 9.78. The molecule has 0 amide bonds. The molecule has 0 bridgehead atoms. The molecule has 0 N–H and O–H groups in total. The summed E-state index contributed by atoms with van der Waals surface area (Å²) in [5.41, 5.74) is 14.7. The minimum absolute atomic E-state index is 0.358. The number of halogens is 3. The van der Waals surface area contributed by atoms with Gasteiger partial charge in [0.1, 0.15) is 0 Å². The van der Waals surface area contributed by atoms with Gasteiger partial charge in [-0.2, -0.15) is 0 Å². The molecule has 14 aromatic rings. The Kier molecular flexibility index (Phi) is 14.6. The van der Waals surface area contributed by atoms with Crippen LogP contribution in [0.1, 0.15) is 27.7 Å². The molecule has 0 saturated carbocycles. The molecule has 82 heavy (non-hydrogen) atoms. The first-order chi connectivity index (χ1) is 39.8. The van der Waals surface area contributed by atoms with Crippen molar-refractivity contribution >= 4 is 132 Å². The van der Waals surface area contributed by atoms with Crippen molar-refractivity contribution in [2.45, 2.75) is 38.9 Å². The van der Waals surface area contributed by atoms with Crippen LogP contribution in [0.5, 0.6) is 0 Å². The standard InChI is InChI=1S/C34H22BrN.C30H28BNO2.C10H6BrI/c35-29-17-15-26-20-25(13-14-27(26)21-29)23-7-6-8-24(19-23)28-16-18-32-31-11-4-5-12-33(31)36(34(32)22-28)30-9-2-1-3-10-30;1-29(2)30(3,4)34-31(33-29)23-12-10-11-21(19-23)22-17-18-26-25-15-8-9-16-27(25)32(28(26)20-22)24-13-6-5-7-14-24;11-9-3-1-8-6-10(12)4-2-7(8)5-9/h1-22H;5-20H,1-4H3;1-6H. The summed E-state index contributed by atoms with van der Waals surface area (Å²) in [7, 11) is -0.371. The average Bonchev–Trinajstić information content (AvgIpc) is 4.13. The summed E-state index contributed by atoms with van der Waals surface area (Å²) >= 11 is 9.35. The van der Waals surface area contributed by atoms with Gasteiger partial charge < -0.3 is 18.4 Å². The molecule has 398 valence electrons. The van der Waals surface area contributed by atoms with Crippen molar-refractivity contribution in [2.75, 3.05) is 0 Å². The van der Waals surface area contributed by atoms with Crippen LogP contribution in [0.4, 0.5) is 0 Å². The molecular weight excluding hydrogens is 1250 g/mol. The Bertz CT molecular complexity index is 4650. The highest BCUT2D eigenvalue weighted by atomic mass is 127. The highest BCUT2D eigenvalue weighted by Crippen LogP contribution is 2.40. The smallest absolute Gasteiger partial charge is 0.399 e. The fourth-order valence-electron chi connectivity index (χ4n) is 11.3. The number of benzene rings is 12. The van der Waals surface area contributed by atoms with Crippen LogP contribution >= 0.6 is 54.5 Å². The molecule has 2 aromatic heterocycles. The van der Waals surface area contributed by atoms with Gasteiger partial charge in [0.05, 0.1) is 33.3 Å². The van der Waals surface area contributed by atoms with E-state index in [1.165, 1.54) is 102 Å². The third kappa shape index (κ3) is 10.5. The molecule has 1 saturated heterocycles. The van der Waals surface area contributed by atoms with E-state index in [9.17, 15) is 0 Å². The molecule has 0 aliphatic carbocycles. The van der Waals surface area contributed by atoms with Crippen LogP contribution in [0, 0.1) is 3.57 Å². The molecule has 0 unspecified atom stereocenters. The van der Waals surface area contributed by atoms with Gasteiger partial charge in [0, 0.05) is 45.4 Å². The first-order valence-corrected chi connectivity index (χ1v) is 30.3. The Morgan fingerprint density at radius 2 is 0.720 bits per heavy atom. The lowest BCUT2D eigenvalue weighted by Crippen LogP contribution is -2.41. The van der Waals surface area contributed by atoms with Crippen LogP contribution in [0.2, 0.25) is 0 Å². The average molecular weight is 1300 g/mol. The van der Waals surface area contributed by atoms with E-state index < -0.39 is 0 Å². The number of aromatic nitrogens is 2. The Labute approximate surface area is 509 Å². The molecule has 1 aliphatic heterocycles. The van der Waals surface area contributed by atoms with Gasteiger partial charge in [0.15, 0.2) is 0 Å². The zero-order valence-electron chi connectivity index (χ0n) is 45.8. The number of hydrogen-bond donors (Lipinski definition) is 0. The van der Waals surface area contributed by atoms with Gasteiger partial charge in [-0.3, -0.25) is 0 Å². The number of fused-ring (bicyclic) bond motifs is 8. The zero-order chi connectivity index (χ0) is 56.1. The molecule has 3 heterocycles. The molecule has 0 radical (unpaired) electrons. The molecule has 0 spiro atoms. The second-order valence-corrected chi connectivity index (χ2v) is 25.1. The van der Waals surface area contributed by atoms with E-state index in [0.717, 1.165) is 25.7 Å². The summed E-state index contributed by atoms with van der Waals surface area (Å²) in [5, 5.41) is 10.1. The van der Waals surface area contributed by atoms with Crippen molar-refractivity contribution in [1.82, 2.24) is 9.13 Å². The fraction of sp³-hybridized carbons (Fsp3) is 0.0811. The lowest BCUT2D eigenvalue weighted by Gasteiger charge is -2.32. The van der Waals surface area contributed by atoms with Crippen molar-refractivity contribution in [3.8, 4) is 44.8 Å². The van der Waals surface area contributed by atoms with Gasteiger partial charge >= 0.3 is 7.12 Å². The van der Waals surface area contributed by atoms with Crippen LogP contribution in [0.25, 0.3) is 110 Å². The predicted octanol–water partition coefficient (Wildman–Crippen LogP) is 21.0. The monoisotopic (exact) mass is 1300 g/mol. The summed E-state index contributed by atoms with van der Waals surface area (Å²) in [6.07, 6.45) is 0. The van der Waals surface area contributed by atoms with Crippen molar-refractivity contribution < 1.29 is 9.31 Å². The first kappa shape index (κ1) is 53.7. The maximum atomic E-state index is 6.30. The van der Waals surface area contributed by atoms with Crippen LogP contribution in [0.3, 0.4) is 0 Å². The molecule has 0 atom stereocenters. The zero-order valence-corrected chi connectivity index (χ0v) is 51.2. The summed E-state index contributed by atoms with van der Waals surface area (Å²) in [4.78, 5) is 0. The van der Waals surface area contributed by atoms with Crippen molar-refractivity contribution in [1.29, 1.82) is 0 Å². The van der Waals surface area contributed by atoms with Gasteiger partial charge in [-0.25, -0.2) is 0 Å². The number of nitrogens with zero attached hydrogens (tertiary/aromatic N) is 2. The van der Waals surface area contributed by atoms with E-state index in [1.807, 2.05) is 0 Å². The van der Waals surface area contributed by atoms with E-state index in [0.29, 0.717) is 0 Å². The van der Waals surface area contributed by atoms with E-state index in [1.54, 1.807) is 0 Å². The molecule has 15 rings (SSSR count). The van der Waals surface area contributed by atoms with E-state index in [-0.39, 0.29) is 18.3 Å². The van der Waals surface area contributed by atoms with Gasteiger partial charge in [-0.1, -0.05) is 202 Å². The normalized spacial score (nSPS) is 13.6. The minimum Gasteiger partial charge on any atom is -0.399 e. The van der Waals surface area contributed by atoms with E-state index in [4.69, 9.17) is 9.31 Å². The Hall–Kier alpha value is -7.57. The summed E-state index contributed by atoms with van der Waals surface area (Å²) in [6.45, 7) is 8.36. The Balaban J connectivity index is 0.000000128. The van der Waals surface area contributed by atoms with Crippen molar-refractivity contribution in [3.05, 3.63) is 279 Å². The SMILES string of the molecule is Brc1ccc2cc(-c3cccc(-c4ccc5c6ccccc6n(-c6ccccc6)c5c4)c3)ccc2c1.Brc1ccc2cc(I)ccc2c1.CC1(C)OB(c2cccc(-c3ccc4c5ccccc5n(-c5ccccc5)c4c3)c2)OC1(C)C. The van der Waals surface area contributed by atoms with Crippen LogP contribution in [0.15, 0.2) is 276 Å². The number of hydrogen-bond acceptors (Lipinski definition) is 2. The van der Waals surface area contributed by atoms with Gasteiger partial charge in [0.2, 0.25) is 0 Å². The maximum absolute atomic E-state index is 6.30. The second kappa shape index (κ2) is 22.3. The van der Waals surface area contributed by atoms with Crippen LogP contribution < -0.4 is 5.46 Å². The first-order valence-electron chi connectivity index (χ1n) is 27.6. The molecule has 1 fully saturated rings. The van der Waals surface area contributed by atoms with E-state index in [2.05, 4.69) is 358 Å². The molecule has 1 aliphatic rings. The van der Waals surface area contributed by atoms with E-state index >= 15 is 0 Å². The van der Waals surface area contributed by atoms with Crippen molar-refractivity contribution in [2.24, 2.45) is 0 Å². The largest absolute Gasteiger partial charge is 0.494 e. The Morgan fingerprint density at radius 1 is 0.329 bits per heavy atom. The molecular formula is C74H56BBr2IN2O2. The number of para-hydroxylation sites is 4. The molecule has 12 aromatic carbocycles. The minimum atomic E-state index is -0.371. The summed E-state index contributed by atoms with van der Waals surface area (Å²) in [6, 6.07) is 95.4. The quantitative estimate of drug-likeness (QED) is 0.123. The number of rotatable bonds is 6. The van der Waals surface area contributed by atoms with Crippen LogP contribution in [-0.4, -0.2) is 27.5 Å². The molecule has 4 nitrogen and oxygen atoms in total. The van der Waals surface area contributed by atoms with Gasteiger partial charge in [0.25, 0.3) is 0 Å². The highest BCUT2D eigenvalue weighted by Gasteiger charge is 2.51. The van der Waals surface area contributed by atoms with Gasteiger partial charge in [-0.15, -0.1) is 0 Å². The highest BCUT2D eigenvalue weighted by molar-refractivity contribution is 14.1. The lowest BCUT2D eigenvalue weighted by molar-refractivity contribution is 0.00578. The fourth-order valence-corrected chi connectivity index (χ4v) is 12.6. The van der Waals surface area contributed by atoms with Crippen LogP contribution in [-0.2, 0) is 9.31 Å². The third-order valence-electron chi connectivity index (χ3n) is 16.2. The third-order valence-corrected chi connectivity index (χ3v) is 17.9. The van der Waals surface area contributed by atoms with Crippen molar-refractivity contribution in [3.63, 3.8) is 0 Å². The summed E-state index contributed by atoms with van der Waals surface area (Å²) < 4.78 is 20.9. The van der Waals surface area contributed by atoms with Gasteiger partial charge in [-0.05, 0) is 208 Å². The summed E-state index contributed by atoms with van der Waals surface area (Å²) in [5.74, 6) is 0. The predicted molar refractivity (Wildman–Crippen MR) is 363 cm³/mol. The maximum Gasteiger partial charge on any atom is 0.494 e. The topological polar surface area (TPSA) is 28.3 Å².